The second-order valence-electron chi connectivity index (χ2n) is 4.60. The fraction of sp³-hybridized carbons (Fsp3) is 0.400. The van der Waals surface area contributed by atoms with Crippen LogP contribution in [-0.2, 0) is 9.59 Å². The highest BCUT2D eigenvalue weighted by Crippen LogP contribution is 2.24. The van der Waals surface area contributed by atoms with Gasteiger partial charge in [-0.2, -0.15) is 5.10 Å². The van der Waals surface area contributed by atoms with Crippen molar-refractivity contribution >= 4 is 29.6 Å². The first-order valence-corrected chi connectivity index (χ1v) is 7.41. The van der Waals surface area contributed by atoms with Gasteiger partial charge in [-0.05, 0) is 44.0 Å². The molecule has 6 nitrogen and oxygen atoms in total. The minimum absolute atomic E-state index is 0.0628. The molecule has 22 heavy (non-hydrogen) atoms. The Morgan fingerprint density at radius 1 is 1.36 bits per heavy atom. The third-order valence-corrected chi connectivity index (χ3v) is 3.13. The smallest absolute Gasteiger partial charge is 0.329 e. The van der Waals surface area contributed by atoms with Crippen molar-refractivity contribution in [3.05, 3.63) is 28.8 Å². The molecule has 2 N–H and O–H groups in total. The number of nitrogens with zero attached hydrogens (tertiary/aromatic N) is 1. The monoisotopic (exact) mass is 325 g/mol. The average Bonchev–Trinajstić information content (AvgIpc) is 2.49. The van der Waals surface area contributed by atoms with E-state index in [0.29, 0.717) is 22.9 Å². The SMILES string of the molecule is CCOc1ccc(/C=N\NC(=O)C(=O)N[C@H](C)CC)cc1Cl. The van der Waals surface area contributed by atoms with Crippen LogP contribution in [0.4, 0.5) is 0 Å². The average molecular weight is 326 g/mol. The summed E-state index contributed by atoms with van der Waals surface area (Å²) in [7, 11) is 0. The van der Waals surface area contributed by atoms with E-state index in [1.54, 1.807) is 18.2 Å². The van der Waals surface area contributed by atoms with Crippen LogP contribution in [0.2, 0.25) is 5.02 Å². The summed E-state index contributed by atoms with van der Waals surface area (Å²) in [5, 5.41) is 6.72. The number of rotatable bonds is 6. The first-order chi connectivity index (χ1) is 10.5. The van der Waals surface area contributed by atoms with Crippen LogP contribution < -0.4 is 15.5 Å². The lowest BCUT2D eigenvalue weighted by Gasteiger charge is -2.09. The van der Waals surface area contributed by atoms with Crippen molar-refractivity contribution in [3.63, 3.8) is 0 Å². The summed E-state index contributed by atoms with van der Waals surface area (Å²) < 4.78 is 5.31. The van der Waals surface area contributed by atoms with E-state index in [0.717, 1.165) is 6.42 Å². The first kappa shape index (κ1) is 18.0. The van der Waals surface area contributed by atoms with Crippen LogP contribution in [-0.4, -0.2) is 30.7 Å². The number of ether oxygens (including phenoxy) is 1. The van der Waals surface area contributed by atoms with Crippen molar-refractivity contribution in [2.24, 2.45) is 5.10 Å². The lowest BCUT2D eigenvalue weighted by Crippen LogP contribution is -2.41. The van der Waals surface area contributed by atoms with Gasteiger partial charge in [0.2, 0.25) is 0 Å². The van der Waals surface area contributed by atoms with Gasteiger partial charge in [-0.15, -0.1) is 0 Å². The zero-order valence-corrected chi connectivity index (χ0v) is 13.6. The van der Waals surface area contributed by atoms with Crippen molar-refractivity contribution < 1.29 is 14.3 Å². The quantitative estimate of drug-likeness (QED) is 0.477. The Morgan fingerprint density at radius 2 is 2.09 bits per heavy atom. The third kappa shape index (κ3) is 5.73. The molecule has 0 aliphatic carbocycles. The molecule has 0 heterocycles. The van der Waals surface area contributed by atoms with Crippen LogP contribution in [0.5, 0.6) is 5.75 Å². The van der Waals surface area contributed by atoms with Crippen LogP contribution in [0, 0.1) is 0 Å². The highest BCUT2D eigenvalue weighted by molar-refractivity contribution is 6.35. The second-order valence-corrected chi connectivity index (χ2v) is 5.01. The predicted molar refractivity (Wildman–Crippen MR) is 86.3 cm³/mol. The largest absolute Gasteiger partial charge is 0.492 e. The minimum atomic E-state index is -0.811. The first-order valence-electron chi connectivity index (χ1n) is 7.04. The molecule has 0 aromatic heterocycles. The number of benzene rings is 1. The van der Waals surface area contributed by atoms with Gasteiger partial charge in [0.05, 0.1) is 17.8 Å². The van der Waals surface area contributed by atoms with Crippen LogP contribution in [0.25, 0.3) is 0 Å². The molecule has 7 heteroatoms. The third-order valence-electron chi connectivity index (χ3n) is 2.83. The Morgan fingerprint density at radius 3 is 2.68 bits per heavy atom. The van der Waals surface area contributed by atoms with Crippen LogP contribution in [0.1, 0.15) is 32.8 Å². The van der Waals surface area contributed by atoms with Gasteiger partial charge in [-0.25, -0.2) is 5.43 Å². The lowest BCUT2D eigenvalue weighted by molar-refractivity contribution is -0.139. The predicted octanol–water partition coefficient (Wildman–Crippen LogP) is 2.10. The number of hydrazone groups is 1. The van der Waals surface area contributed by atoms with Gasteiger partial charge in [-0.1, -0.05) is 18.5 Å². The van der Waals surface area contributed by atoms with Crippen molar-refractivity contribution in [2.75, 3.05) is 6.61 Å². The fourth-order valence-electron chi connectivity index (χ4n) is 1.48. The summed E-state index contributed by atoms with van der Waals surface area (Å²) in [4.78, 5) is 23.0. The van der Waals surface area contributed by atoms with Gasteiger partial charge in [0, 0.05) is 6.04 Å². The number of carbonyl (C=O) groups excluding carboxylic acids is 2. The molecule has 0 unspecified atom stereocenters. The van der Waals surface area contributed by atoms with E-state index in [4.69, 9.17) is 16.3 Å². The molecule has 0 fully saturated rings. The highest BCUT2D eigenvalue weighted by Gasteiger charge is 2.14. The summed E-state index contributed by atoms with van der Waals surface area (Å²) in [5.41, 5.74) is 2.84. The van der Waals surface area contributed by atoms with Crippen molar-refractivity contribution in [1.29, 1.82) is 0 Å². The van der Waals surface area contributed by atoms with Gasteiger partial charge in [0.15, 0.2) is 0 Å². The molecule has 1 aromatic carbocycles. The van der Waals surface area contributed by atoms with Gasteiger partial charge in [0.25, 0.3) is 0 Å². The van der Waals surface area contributed by atoms with E-state index in [9.17, 15) is 9.59 Å². The maximum Gasteiger partial charge on any atom is 0.329 e. The molecule has 120 valence electrons. The maximum atomic E-state index is 11.5. The number of hydrogen-bond donors (Lipinski definition) is 2. The van der Waals surface area contributed by atoms with Gasteiger partial charge in [-0.3, -0.25) is 9.59 Å². The normalized spacial score (nSPS) is 12.0. The Labute approximate surface area is 134 Å². The number of amides is 2. The van der Waals surface area contributed by atoms with Crippen LogP contribution in [0.15, 0.2) is 23.3 Å². The van der Waals surface area contributed by atoms with Gasteiger partial charge >= 0.3 is 11.8 Å². The Kier molecular flexibility index (Phi) is 7.39. The molecule has 1 rings (SSSR count). The molecule has 1 aromatic rings. The Bertz CT molecular complexity index is 561. The number of halogens is 1. The zero-order chi connectivity index (χ0) is 16.5. The van der Waals surface area contributed by atoms with Crippen molar-refractivity contribution in [1.82, 2.24) is 10.7 Å². The summed E-state index contributed by atoms with van der Waals surface area (Å²) in [6, 6.07) is 5.05. The molecule has 0 saturated carbocycles. The lowest BCUT2D eigenvalue weighted by atomic mass is 10.2. The van der Waals surface area contributed by atoms with E-state index in [1.165, 1.54) is 6.21 Å². The van der Waals surface area contributed by atoms with Crippen LogP contribution in [0.3, 0.4) is 0 Å². The maximum absolute atomic E-state index is 11.5. The Balaban J connectivity index is 2.57. The molecule has 0 radical (unpaired) electrons. The molecule has 0 spiro atoms. The van der Waals surface area contributed by atoms with Crippen molar-refractivity contribution in [2.45, 2.75) is 33.2 Å². The summed E-state index contributed by atoms with van der Waals surface area (Å²) >= 11 is 6.04. The topological polar surface area (TPSA) is 79.8 Å². The molecular formula is C15H20ClN3O3. The molecule has 2 amide bonds. The number of nitrogens with one attached hydrogen (secondary N) is 2. The summed E-state index contributed by atoms with van der Waals surface area (Å²) in [5.74, 6) is -0.942. The van der Waals surface area contributed by atoms with E-state index < -0.39 is 11.8 Å². The zero-order valence-electron chi connectivity index (χ0n) is 12.9. The molecule has 0 aliphatic heterocycles. The summed E-state index contributed by atoms with van der Waals surface area (Å²) in [6.07, 6.45) is 2.14. The molecule has 0 aliphatic rings. The molecule has 0 saturated heterocycles. The van der Waals surface area contributed by atoms with E-state index in [2.05, 4.69) is 15.8 Å². The minimum Gasteiger partial charge on any atom is -0.492 e. The molecule has 1 atom stereocenters. The van der Waals surface area contributed by atoms with E-state index in [-0.39, 0.29) is 6.04 Å². The van der Waals surface area contributed by atoms with Crippen LogP contribution >= 0.6 is 11.6 Å². The second kappa shape index (κ2) is 9.04. The Hall–Kier alpha value is -2.08. The van der Waals surface area contributed by atoms with Gasteiger partial charge in [0.1, 0.15) is 5.75 Å². The number of hydrogen-bond acceptors (Lipinski definition) is 4. The van der Waals surface area contributed by atoms with E-state index in [1.807, 2.05) is 20.8 Å². The van der Waals surface area contributed by atoms with E-state index >= 15 is 0 Å². The summed E-state index contributed by atoms with van der Waals surface area (Å²) in [6.45, 7) is 6.12. The highest BCUT2D eigenvalue weighted by atomic mass is 35.5. The molecule has 0 bridgehead atoms. The van der Waals surface area contributed by atoms with Crippen molar-refractivity contribution in [3.8, 4) is 5.75 Å². The number of carbonyl (C=O) groups is 2. The standard InChI is InChI=1S/C15H20ClN3O3/c1-4-10(3)18-14(20)15(21)19-17-9-11-6-7-13(22-5-2)12(16)8-11/h6-10H,4-5H2,1-3H3,(H,18,20)(H,19,21)/b17-9-/t10-/m1/s1. The molecular weight excluding hydrogens is 306 g/mol. The van der Waals surface area contributed by atoms with Gasteiger partial charge < -0.3 is 10.1 Å². The fourth-order valence-corrected chi connectivity index (χ4v) is 1.72.